The van der Waals surface area contributed by atoms with Gasteiger partial charge in [-0.15, -0.1) is 0 Å². The fourth-order valence-electron chi connectivity index (χ4n) is 2.64. The topological polar surface area (TPSA) is 47.4 Å². The Balaban J connectivity index is 1.69. The lowest BCUT2D eigenvalue weighted by Crippen LogP contribution is -2.28. The van der Waals surface area contributed by atoms with Gasteiger partial charge in [0.25, 0.3) is 5.56 Å². The Bertz CT molecular complexity index is 1010. The maximum atomic E-state index is 13.9. The molecule has 8 heteroatoms. The number of anilines is 1. The minimum Gasteiger partial charge on any atom is -0.494 e. The summed E-state index contributed by atoms with van der Waals surface area (Å²) >= 11 is 6.19. The van der Waals surface area contributed by atoms with Crippen LogP contribution in [0.5, 0.6) is 5.75 Å². The number of hydrogen-bond donors (Lipinski definition) is 0. The van der Waals surface area contributed by atoms with Crippen LogP contribution in [0.1, 0.15) is 6.42 Å². The zero-order chi connectivity index (χ0) is 20.1. The number of aromatic nitrogens is 2. The summed E-state index contributed by atoms with van der Waals surface area (Å²) in [6.45, 7) is 1.07. The summed E-state index contributed by atoms with van der Waals surface area (Å²) in [5.41, 5.74) is -0.430. The van der Waals surface area contributed by atoms with Crippen LogP contribution in [-0.4, -0.2) is 30.0 Å². The van der Waals surface area contributed by atoms with Crippen molar-refractivity contribution in [3.05, 3.63) is 81.7 Å². The van der Waals surface area contributed by atoms with Crippen molar-refractivity contribution in [2.24, 2.45) is 0 Å². The van der Waals surface area contributed by atoms with Crippen LogP contribution < -0.4 is 15.2 Å². The van der Waals surface area contributed by atoms with E-state index in [1.807, 2.05) is 30.3 Å². The monoisotopic (exact) mass is 405 g/mol. The quantitative estimate of drug-likeness (QED) is 0.556. The molecule has 0 bridgehead atoms. The lowest BCUT2D eigenvalue weighted by atomic mass is 10.3. The van der Waals surface area contributed by atoms with Crippen molar-refractivity contribution in [3.8, 4) is 11.4 Å². The molecule has 1 heterocycles. The first-order valence-electron chi connectivity index (χ1n) is 8.59. The van der Waals surface area contributed by atoms with Crippen molar-refractivity contribution in [1.29, 1.82) is 0 Å². The van der Waals surface area contributed by atoms with Gasteiger partial charge in [0.1, 0.15) is 22.3 Å². The van der Waals surface area contributed by atoms with Gasteiger partial charge >= 0.3 is 0 Å². The van der Waals surface area contributed by atoms with Gasteiger partial charge in [-0.3, -0.25) is 4.79 Å². The van der Waals surface area contributed by atoms with Crippen molar-refractivity contribution >= 4 is 17.3 Å². The Hall–Kier alpha value is -2.93. The number of ether oxygens (including phenoxy) is 1. The molecule has 0 spiro atoms. The molecule has 2 aromatic carbocycles. The number of benzene rings is 2. The number of para-hydroxylation sites is 1. The van der Waals surface area contributed by atoms with Crippen molar-refractivity contribution in [3.63, 3.8) is 0 Å². The van der Waals surface area contributed by atoms with E-state index in [0.717, 1.165) is 22.6 Å². The molecule has 0 aliphatic carbocycles. The Morgan fingerprint density at radius 2 is 1.93 bits per heavy atom. The third kappa shape index (κ3) is 4.48. The molecule has 0 saturated carbocycles. The van der Waals surface area contributed by atoms with Gasteiger partial charge in [0.05, 0.1) is 18.5 Å². The second-order valence-corrected chi connectivity index (χ2v) is 6.47. The lowest BCUT2D eigenvalue weighted by Gasteiger charge is -2.20. The molecular weight excluding hydrogens is 388 g/mol. The summed E-state index contributed by atoms with van der Waals surface area (Å²) in [5.74, 6) is -0.854. The van der Waals surface area contributed by atoms with E-state index in [4.69, 9.17) is 16.3 Å². The average molecular weight is 406 g/mol. The molecule has 0 N–H and O–H groups in total. The SMILES string of the molecule is CN(CCCOc1ccccc1)c1cnn(-c2ccc(F)cc2F)c(=O)c1Cl. The van der Waals surface area contributed by atoms with Gasteiger partial charge in [-0.05, 0) is 30.7 Å². The molecule has 0 saturated heterocycles. The zero-order valence-electron chi connectivity index (χ0n) is 15.1. The highest BCUT2D eigenvalue weighted by molar-refractivity contribution is 6.33. The molecule has 0 unspecified atom stereocenters. The second-order valence-electron chi connectivity index (χ2n) is 6.09. The lowest BCUT2D eigenvalue weighted by molar-refractivity contribution is 0.312. The van der Waals surface area contributed by atoms with Crippen LogP contribution in [0.3, 0.4) is 0 Å². The van der Waals surface area contributed by atoms with Crippen LogP contribution >= 0.6 is 11.6 Å². The minimum absolute atomic E-state index is 0.0924. The third-order valence-corrected chi connectivity index (χ3v) is 4.45. The Morgan fingerprint density at radius 1 is 1.18 bits per heavy atom. The van der Waals surface area contributed by atoms with Crippen molar-refractivity contribution < 1.29 is 13.5 Å². The largest absolute Gasteiger partial charge is 0.494 e. The van der Waals surface area contributed by atoms with Crippen molar-refractivity contribution in [2.75, 3.05) is 25.1 Å². The van der Waals surface area contributed by atoms with Gasteiger partial charge in [0.15, 0.2) is 5.82 Å². The third-order valence-electron chi connectivity index (χ3n) is 4.10. The van der Waals surface area contributed by atoms with E-state index in [0.29, 0.717) is 31.3 Å². The van der Waals surface area contributed by atoms with Crippen LogP contribution in [0.15, 0.2) is 59.5 Å². The normalized spacial score (nSPS) is 10.7. The Kier molecular flexibility index (Phi) is 6.26. The Morgan fingerprint density at radius 3 is 2.64 bits per heavy atom. The van der Waals surface area contributed by atoms with Crippen molar-refractivity contribution in [2.45, 2.75) is 6.42 Å². The van der Waals surface area contributed by atoms with Gasteiger partial charge in [-0.1, -0.05) is 29.8 Å². The maximum absolute atomic E-state index is 13.9. The predicted octanol–water partition coefficient (Wildman–Crippen LogP) is 4.07. The minimum atomic E-state index is -0.898. The van der Waals surface area contributed by atoms with Crippen LogP contribution in [0.2, 0.25) is 5.02 Å². The number of nitrogens with zero attached hydrogens (tertiary/aromatic N) is 3. The van der Waals surface area contributed by atoms with Crippen molar-refractivity contribution in [1.82, 2.24) is 9.78 Å². The average Bonchev–Trinajstić information content (AvgIpc) is 2.68. The van der Waals surface area contributed by atoms with E-state index in [1.54, 1.807) is 11.9 Å². The van der Waals surface area contributed by atoms with Gasteiger partial charge < -0.3 is 9.64 Å². The summed E-state index contributed by atoms with van der Waals surface area (Å²) < 4.78 is 33.5. The summed E-state index contributed by atoms with van der Waals surface area (Å²) in [4.78, 5) is 14.3. The molecular formula is C20H18ClF2N3O2. The van der Waals surface area contributed by atoms with E-state index >= 15 is 0 Å². The first-order valence-corrected chi connectivity index (χ1v) is 8.97. The Labute approximate surface area is 165 Å². The van der Waals surface area contributed by atoms with Gasteiger partial charge in [0, 0.05) is 19.7 Å². The highest BCUT2D eigenvalue weighted by atomic mass is 35.5. The second kappa shape index (κ2) is 8.84. The fourth-order valence-corrected chi connectivity index (χ4v) is 2.92. The standard InChI is InChI=1S/C20H18ClF2N3O2/c1-25(10-5-11-28-15-6-3-2-4-7-15)18-13-24-26(20(27)19(18)21)17-9-8-14(22)12-16(17)23/h2-4,6-9,12-13H,5,10-11H2,1H3. The molecule has 0 aliphatic rings. The molecule has 0 atom stereocenters. The van der Waals surface area contributed by atoms with Crippen LogP contribution in [0.25, 0.3) is 5.69 Å². The molecule has 1 aromatic heterocycles. The molecule has 3 aromatic rings. The van der Waals surface area contributed by atoms with Crippen LogP contribution in [0, 0.1) is 11.6 Å². The van der Waals surface area contributed by atoms with Gasteiger partial charge in [0.2, 0.25) is 0 Å². The van der Waals surface area contributed by atoms with E-state index in [9.17, 15) is 13.6 Å². The van der Waals surface area contributed by atoms with E-state index < -0.39 is 17.2 Å². The number of halogens is 3. The van der Waals surface area contributed by atoms with Gasteiger partial charge in [-0.25, -0.2) is 8.78 Å². The van der Waals surface area contributed by atoms with E-state index in [-0.39, 0.29) is 10.7 Å². The number of rotatable bonds is 7. The molecule has 28 heavy (non-hydrogen) atoms. The smallest absolute Gasteiger partial charge is 0.292 e. The summed E-state index contributed by atoms with van der Waals surface area (Å²) in [7, 11) is 1.77. The molecule has 146 valence electrons. The molecule has 0 amide bonds. The predicted molar refractivity (Wildman–Crippen MR) is 105 cm³/mol. The zero-order valence-corrected chi connectivity index (χ0v) is 15.9. The summed E-state index contributed by atoms with van der Waals surface area (Å²) in [6, 6.07) is 12.3. The fraction of sp³-hybridized carbons (Fsp3) is 0.200. The first kappa shape index (κ1) is 19.8. The molecule has 5 nitrogen and oxygen atoms in total. The maximum Gasteiger partial charge on any atom is 0.292 e. The molecule has 3 rings (SSSR count). The first-order chi connectivity index (χ1) is 13.5. The van der Waals surface area contributed by atoms with Crippen LogP contribution in [0.4, 0.5) is 14.5 Å². The highest BCUT2D eigenvalue weighted by Gasteiger charge is 2.16. The van der Waals surface area contributed by atoms with Crippen LogP contribution in [-0.2, 0) is 0 Å². The number of hydrogen-bond acceptors (Lipinski definition) is 4. The van der Waals surface area contributed by atoms with Gasteiger partial charge in [-0.2, -0.15) is 9.78 Å². The molecule has 0 aliphatic heterocycles. The summed E-state index contributed by atoms with van der Waals surface area (Å²) in [5, 5.41) is 3.89. The molecule has 0 radical (unpaired) electrons. The van der Waals surface area contributed by atoms with E-state index in [1.165, 1.54) is 6.20 Å². The summed E-state index contributed by atoms with van der Waals surface area (Å²) in [6.07, 6.45) is 2.07. The highest BCUT2D eigenvalue weighted by Crippen LogP contribution is 2.21. The molecule has 0 fully saturated rings. The van der Waals surface area contributed by atoms with E-state index in [2.05, 4.69) is 5.10 Å².